The van der Waals surface area contributed by atoms with E-state index < -0.39 is 0 Å². The van der Waals surface area contributed by atoms with Crippen LogP contribution in [0.3, 0.4) is 0 Å². The van der Waals surface area contributed by atoms with Gasteiger partial charge in [-0.2, -0.15) is 0 Å². The third-order valence-electron chi connectivity index (χ3n) is 3.43. The van der Waals surface area contributed by atoms with E-state index in [0.717, 1.165) is 22.1 Å². The molecule has 0 bridgehead atoms. The molecule has 2 aliphatic heterocycles. The number of rotatable bonds is 3. The highest BCUT2D eigenvalue weighted by atomic mass is 32.2. The van der Waals surface area contributed by atoms with E-state index in [1.54, 1.807) is 18.0 Å². The lowest BCUT2D eigenvalue weighted by molar-refractivity contribution is 0.579. The van der Waals surface area contributed by atoms with Gasteiger partial charge in [-0.15, -0.1) is 0 Å². The molecule has 3 rings (SSSR count). The number of nitrogens with zero attached hydrogens (tertiary/aromatic N) is 6. The standard InChI is InChI=1S/C14H14N6S/c1-9-8-21-14-17-13(10(2)18-19-15)11(7-20(9)14)12-5-3-4-6-16-12/h3-6,8,10H,7H2,1-2H3. The number of hydrogen-bond donors (Lipinski definition) is 0. The number of aromatic nitrogens is 1. The van der Waals surface area contributed by atoms with Crippen molar-refractivity contribution in [2.75, 3.05) is 6.54 Å². The predicted octanol–water partition coefficient (Wildman–Crippen LogP) is 3.77. The fourth-order valence-corrected chi connectivity index (χ4v) is 3.23. The lowest BCUT2D eigenvalue weighted by Gasteiger charge is -2.28. The minimum Gasteiger partial charge on any atom is -0.320 e. The van der Waals surface area contributed by atoms with Crippen LogP contribution in [0, 0.1) is 0 Å². The Morgan fingerprint density at radius 1 is 1.48 bits per heavy atom. The molecule has 0 N–H and O–H groups in total. The fraction of sp³-hybridized carbons (Fsp3) is 0.286. The second-order valence-corrected chi connectivity index (χ2v) is 5.65. The van der Waals surface area contributed by atoms with Crippen LogP contribution >= 0.6 is 11.8 Å². The van der Waals surface area contributed by atoms with E-state index in [2.05, 4.69) is 32.2 Å². The van der Waals surface area contributed by atoms with Crippen molar-refractivity contribution in [3.05, 3.63) is 57.3 Å². The monoisotopic (exact) mass is 298 g/mol. The number of thioether (sulfide) groups is 1. The van der Waals surface area contributed by atoms with E-state index in [4.69, 9.17) is 10.5 Å². The van der Waals surface area contributed by atoms with Gasteiger partial charge in [0.25, 0.3) is 0 Å². The number of hydrogen-bond acceptors (Lipinski definition) is 5. The Morgan fingerprint density at radius 2 is 2.33 bits per heavy atom. The van der Waals surface area contributed by atoms with Crippen LogP contribution in [-0.2, 0) is 0 Å². The fourth-order valence-electron chi connectivity index (χ4n) is 2.34. The predicted molar refractivity (Wildman–Crippen MR) is 85.3 cm³/mol. The zero-order valence-electron chi connectivity index (χ0n) is 11.8. The Hall–Kier alpha value is -2.24. The third kappa shape index (κ3) is 2.53. The topological polar surface area (TPSA) is 77.2 Å². The SMILES string of the molecule is CC1=CSC2=NC(C(C)N=[N+]=[N-])=C(c3ccccn3)CN12. The molecule has 0 amide bonds. The quantitative estimate of drug-likeness (QED) is 0.484. The number of allylic oxidation sites excluding steroid dienone is 1. The first-order valence-corrected chi connectivity index (χ1v) is 7.47. The van der Waals surface area contributed by atoms with Gasteiger partial charge in [-0.3, -0.25) is 4.98 Å². The van der Waals surface area contributed by atoms with Gasteiger partial charge < -0.3 is 4.90 Å². The summed E-state index contributed by atoms with van der Waals surface area (Å²) in [6.07, 6.45) is 1.76. The second-order valence-electron chi connectivity index (χ2n) is 4.82. The van der Waals surface area contributed by atoms with Crippen molar-refractivity contribution in [2.24, 2.45) is 10.1 Å². The van der Waals surface area contributed by atoms with E-state index >= 15 is 0 Å². The van der Waals surface area contributed by atoms with Crippen LogP contribution in [0.4, 0.5) is 0 Å². The molecule has 0 radical (unpaired) electrons. The maximum Gasteiger partial charge on any atom is 0.173 e. The van der Waals surface area contributed by atoms with Gasteiger partial charge in [-0.05, 0) is 30.0 Å². The van der Waals surface area contributed by atoms with Crippen LogP contribution in [0.25, 0.3) is 16.0 Å². The zero-order chi connectivity index (χ0) is 14.8. The van der Waals surface area contributed by atoms with Crippen molar-refractivity contribution in [3.63, 3.8) is 0 Å². The summed E-state index contributed by atoms with van der Waals surface area (Å²) in [6.45, 7) is 4.62. The molecular weight excluding hydrogens is 284 g/mol. The first-order chi connectivity index (χ1) is 10.2. The minimum absolute atomic E-state index is 0.317. The number of pyridine rings is 1. The molecule has 1 unspecified atom stereocenters. The highest BCUT2D eigenvalue weighted by molar-refractivity contribution is 8.16. The maximum atomic E-state index is 8.70. The molecule has 0 fully saturated rings. The van der Waals surface area contributed by atoms with Crippen molar-refractivity contribution >= 4 is 22.5 Å². The van der Waals surface area contributed by atoms with Crippen molar-refractivity contribution in [1.82, 2.24) is 9.88 Å². The summed E-state index contributed by atoms with van der Waals surface area (Å²) in [6, 6.07) is 5.48. The van der Waals surface area contributed by atoms with Gasteiger partial charge in [0.05, 0.1) is 24.0 Å². The Labute approximate surface area is 126 Å². The molecule has 106 valence electrons. The van der Waals surface area contributed by atoms with Gasteiger partial charge in [0.15, 0.2) is 5.17 Å². The van der Waals surface area contributed by atoms with Gasteiger partial charge in [-0.1, -0.05) is 29.9 Å². The summed E-state index contributed by atoms with van der Waals surface area (Å²) in [4.78, 5) is 14.2. The van der Waals surface area contributed by atoms with Crippen molar-refractivity contribution in [3.8, 4) is 0 Å². The van der Waals surface area contributed by atoms with Crippen LogP contribution < -0.4 is 0 Å². The van der Waals surface area contributed by atoms with Gasteiger partial charge in [0.2, 0.25) is 0 Å². The van der Waals surface area contributed by atoms with Crippen LogP contribution in [-0.4, -0.2) is 27.6 Å². The lowest BCUT2D eigenvalue weighted by Crippen LogP contribution is -2.30. The van der Waals surface area contributed by atoms with Crippen molar-refractivity contribution in [2.45, 2.75) is 19.9 Å². The summed E-state index contributed by atoms with van der Waals surface area (Å²) in [5.74, 6) is 0. The van der Waals surface area contributed by atoms with E-state index in [1.807, 2.05) is 25.1 Å². The van der Waals surface area contributed by atoms with Crippen molar-refractivity contribution < 1.29 is 0 Å². The summed E-state index contributed by atoms with van der Waals surface area (Å²) in [5.41, 5.74) is 12.6. The molecule has 1 aromatic rings. The molecule has 0 saturated carbocycles. The lowest BCUT2D eigenvalue weighted by atomic mass is 10.0. The maximum absolute atomic E-state index is 8.70. The van der Waals surface area contributed by atoms with E-state index in [1.165, 1.54) is 5.70 Å². The van der Waals surface area contributed by atoms with Gasteiger partial charge in [0, 0.05) is 22.4 Å². The number of amidine groups is 1. The van der Waals surface area contributed by atoms with Crippen molar-refractivity contribution in [1.29, 1.82) is 0 Å². The molecule has 1 aromatic heterocycles. The van der Waals surface area contributed by atoms with Crippen LogP contribution in [0.15, 0.2) is 51.3 Å². The number of azide groups is 1. The van der Waals surface area contributed by atoms with Crippen LogP contribution in [0.2, 0.25) is 0 Å². The molecule has 6 nitrogen and oxygen atoms in total. The average Bonchev–Trinajstić information content (AvgIpc) is 2.88. The highest BCUT2D eigenvalue weighted by Crippen LogP contribution is 2.36. The van der Waals surface area contributed by atoms with Crippen LogP contribution in [0.5, 0.6) is 0 Å². The minimum atomic E-state index is -0.317. The Bertz CT molecular complexity index is 699. The van der Waals surface area contributed by atoms with E-state index in [9.17, 15) is 0 Å². The Kier molecular flexibility index (Phi) is 3.68. The third-order valence-corrected chi connectivity index (χ3v) is 4.41. The molecular formula is C14H14N6S. The average molecular weight is 298 g/mol. The van der Waals surface area contributed by atoms with Gasteiger partial charge in [0.1, 0.15) is 0 Å². The molecule has 0 spiro atoms. The smallest absolute Gasteiger partial charge is 0.173 e. The summed E-state index contributed by atoms with van der Waals surface area (Å²) in [7, 11) is 0. The van der Waals surface area contributed by atoms with Gasteiger partial charge in [-0.25, -0.2) is 4.99 Å². The van der Waals surface area contributed by atoms with Crippen LogP contribution in [0.1, 0.15) is 19.5 Å². The van der Waals surface area contributed by atoms with E-state index in [0.29, 0.717) is 6.54 Å². The Morgan fingerprint density at radius 3 is 3.05 bits per heavy atom. The molecule has 0 saturated heterocycles. The summed E-state index contributed by atoms with van der Waals surface area (Å²) < 4.78 is 0. The molecule has 0 aliphatic carbocycles. The Balaban J connectivity index is 2.10. The number of aliphatic imine (C=N–C) groups is 1. The highest BCUT2D eigenvalue weighted by Gasteiger charge is 2.29. The summed E-state index contributed by atoms with van der Waals surface area (Å²) in [5, 5.41) is 6.81. The normalized spacial score (nSPS) is 18.7. The molecule has 0 aromatic carbocycles. The molecule has 1 atom stereocenters. The first-order valence-electron chi connectivity index (χ1n) is 6.59. The van der Waals surface area contributed by atoms with Gasteiger partial charge >= 0.3 is 0 Å². The first kappa shape index (κ1) is 13.7. The number of fused-ring (bicyclic) bond motifs is 1. The van der Waals surface area contributed by atoms with E-state index in [-0.39, 0.29) is 6.04 Å². The molecule has 3 heterocycles. The molecule has 2 aliphatic rings. The molecule has 7 heteroatoms. The molecule has 21 heavy (non-hydrogen) atoms. The largest absolute Gasteiger partial charge is 0.320 e. The second kappa shape index (κ2) is 5.63. The summed E-state index contributed by atoms with van der Waals surface area (Å²) >= 11 is 1.60. The zero-order valence-corrected chi connectivity index (χ0v) is 12.6.